The van der Waals surface area contributed by atoms with Crippen LogP contribution in [0.25, 0.3) is 16.9 Å². The Kier molecular flexibility index (Phi) is 2.38. The first kappa shape index (κ1) is 10.9. The van der Waals surface area contributed by atoms with E-state index in [-0.39, 0.29) is 16.7 Å². The molecule has 18 heavy (non-hydrogen) atoms. The van der Waals surface area contributed by atoms with Crippen molar-refractivity contribution in [2.45, 2.75) is 0 Å². The van der Waals surface area contributed by atoms with Gasteiger partial charge in [0.15, 0.2) is 5.15 Å². The summed E-state index contributed by atoms with van der Waals surface area (Å²) in [6.07, 6.45) is 1.77. The molecule has 1 aromatic carbocycles. The molecule has 0 aliphatic heterocycles. The van der Waals surface area contributed by atoms with Gasteiger partial charge in [0.1, 0.15) is 22.8 Å². The van der Waals surface area contributed by atoms with Crippen LogP contribution in [0.3, 0.4) is 0 Å². The summed E-state index contributed by atoms with van der Waals surface area (Å²) in [5.41, 5.74) is 1.28. The fourth-order valence-electron chi connectivity index (χ4n) is 1.89. The maximum Gasteiger partial charge on any atom is 0.159 e. The highest BCUT2D eigenvalue weighted by Crippen LogP contribution is 2.31. The lowest BCUT2D eigenvalue weighted by molar-refractivity contribution is 0.475. The predicted octanol–water partition coefficient (Wildman–Crippen LogP) is 3.07. The van der Waals surface area contributed by atoms with Crippen molar-refractivity contribution < 1.29 is 10.2 Å². The van der Waals surface area contributed by atoms with Crippen LogP contribution in [-0.4, -0.2) is 19.6 Å². The SMILES string of the molecule is Oc1ccc(-c2nc(Cl)c3c(O)cccn23)cc1. The molecule has 0 amide bonds. The van der Waals surface area contributed by atoms with E-state index in [9.17, 15) is 10.2 Å². The third-order valence-corrected chi connectivity index (χ3v) is 2.99. The minimum absolute atomic E-state index is 0.0834. The first-order valence-electron chi connectivity index (χ1n) is 5.32. The highest BCUT2D eigenvalue weighted by atomic mass is 35.5. The molecule has 0 fully saturated rings. The second-order valence-electron chi connectivity index (χ2n) is 3.89. The molecule has 0 spiro atoms. The van der Waals surface area contributed by atoms with Gasteiger partial charge in [-0.05, 0) is 36.4 Å². The molecule has 5 heteroatoms. The van der Waals surface area contributed by atoms with E-state index < -0.39 is 0 Å². The van der Waals surface area contributed by atoms with Gasteiger partial charge in [-0.3, -0.25) is 4.40 Å². The molecule has 0 bridgehead atoms. The number of aromatic hydroxyl groups is 2. The normalized spacial score (nSPS) is 10.9. The van der Waals surface area contributed by atoms with E-state index in [0.717, 1.165) is 5.56 Å². The van der Waals surface area contributed by atoms with Crippen molar-refractivity contribution in [3.8, 4) is 22.9 Å². The first-order valence-corrected chi connectivity index (χ1v) is 5.69. The van der Waals surface area contributed by atoms with Crippen LogP contribution in [0.5, 0.6) is 11.5 Å². The maximum atomic E-state index is 9.77. The molecule has 2 heterocycles. The Morgan fingerprint density at radius 2 is 1.78 bits per heavy atom. The molecule has 0 unspecified atom stereocenters. The molecule has 3 aromatic rings. The lowest BCUT2D eigenvalue weighted by Gasteiger charge is -2.02. The average molecular weight is 261 g/mol. The van der Waals surface area contributed by atoms with Crippen LogP contribution in [0.4, 0.5) is 0 Å². The van der Waals surface area contributed by atoms with E-state index in [2.05, 4.69) is 4.98 Å². The van der Waals surface area contributed by atoms with Gasteiger partial charge in [0.2, 0.25) is 0 Å². The zero-order chi connectivity index (χ0) is 12.7. The number of rotatable bonds is 1. The molecular formula is C13H9ClN2O2. The largest absolute Gasteiger partial charge is 0.508 e. The number of hydrogen-bond acceptors (Lipinski definition) is 3. The fourth-order valence-corrected chi connectivity index (χ4v) is 2.16. The molecule has 0 aliphatic carbocycles. The molecule has 0 saturated heterocycles. The fraction of sp³-hybridized carbons (Fsp3) is 0. The van der Waals surface area contributed by atoms with E-state index in [4.69, 9.17) is 11.6 Å². The van der Waals surface area contributed by atoms with E-state index in [1.807, 2.05) is 0 Å². The number of benzene rings is 1. The first-order chi connectivity index (χ1) is 8.66. The van der Waals surface area contributed by atoms with Gasteiger partial charge in [0.05, 0.1) is 0 Å². The van der Waals surface area contributed by atoms with Crippen LogP contribution in [0, 0.1) is 0 Å². The monoisotopic (exact) mass is 260 g/mol. The second-order valence-corrected chi connectivity index (χ2v) is 4.24. The molecule has 2 aromatic heterocycles. The van der Waals surface area contributed by atoms with Crippen LogP contribution < -0.4 is 0 Å². The molecule has 4 nitrogen and oxygen atoms in total. The summed E-state index contributed by atoms with van der Waals surface area (Å²) < 4.78 is 1.71. The minimum Gasteiger partial charge on any atom is -0.508 e. The van der Waals surface area contributed by atoms with Gasteiger partial charge in [0, 0.05) is 11.8 Å². The Bertz CT molecular complexity index is 720. The number of pyridine rings is 1. The zero-order valence-corrected chi connectivity index (χ0v) is 9.96. The summed E-state index contributed by atoms with van der Waals surface area (Å²) in [5.74, 6) is 0.888. The lowest BCUT2D eigenvalue weighted by atomic mass is 10.2. The van der Waals surface area contributed by atoms with E-state index in [0.29, 0.717) is 11.3 Å². The minimum atomic E-state index is 0.0834. The van der Waals surface area contributed by atoms with Crippen molar-refractivity contribution in [2.24, 2.45) is 0 Å². The van der Waals surface area contributed by atoms with Gasteiger partial charge >= 0.3 is 0 Å². The predicted molar refractivity (Wildman–Crippen MR) is 69.0 cm³/mol. The number of hydrogen-bond donors (Lipinski definition) is 2. The molecule has 0 saturated carbocycles. The molecule has 0 radical (unpaired) electrons. The quantitative estimate of drug-likeness (QED) is 0.707. The maximum absolute atomic E-state index is 9.77. The highest BCUT2D eigenvalue weighted by Gasteiger charge is 2.13. The summed E-state index contributed by atoms with van der Waals surface area (Å²) in [6.45, 7) is 0. The topological polar surface area (TPSA) is 57.8 Å². The van der Waals surface area contributed by atoms with Crippen LogP contribution in [0.2, 0.25) is 5.15 Å². The van der Waals surface area contributed by atoms with E-state index >= 15 is 0 Å². The lowest BCUT2D eigenvalue weighted by Crippen LogP contribution is -1.88. The van der Waals surface area contributed by atoms with Gasteiger partial charge in [-0.1, -0.05) is 11.6 Å². The number of phenols is 1. The standard InChI is InChI=1S/C13H9ClN2O2/c14-12-11-10(18)2-1-7-16(11)13(15-12)8-3-5-9(17)6-4-8/h1-7,17-18H. The summed E-state index contributed by atoms with van der Waals surface area (Å²) in [4.78, 5) is 4.24. The van der Waals surface area contributed by atoms with Crippen molar-refractivity contribution in [3.05, 3.63) is 47.7 Å². The number of halogens is 1. The van der Waals surface area contributed by atoms with Gasteiger partial charge in [0.25, 0.3) is 0 Å². The van der Waals surface area contributed by atoms with Gasteiger partial charge in [-0.2, -0.15) is 0 Å². The van der Waals surface area contributed by atoms with Crippen molar-refractivity contribution in [2.75, 3.05) is 0 Å². The molecule has 0 atom stereocenters. The van der Waals surface area contributed by atoms with Crippen LogP contribution in [0.15, 0.2) is 42.6 Å². The van der Waals surface area contributed by atoms with E-state index in [1.165, 1.54) is 0 Å². The highest BCUT2D eigenvalue weighted by molar-refractivity contribution is 6.33. The second kappa shape index (κ2) is 3.92. The number of phenolic OH excluding ortho intramolecular Hbond substituents is 1. The number of fused-ring (bicyclic) bond motifs is 1. The Balaban J connectivity index is 2.30. The van der Waals surface area contributed by atoms with Crippen LogP contribution in [0.1, 0.15) is 0 Å². The number of nitrogens with zero attached hydrogens (tertiary/aromatic N) is 2. The van der Waals surface area contributed by atoms with Crippen molar-refractivity contribution in [1.82, 2.24) is 9.38 Å². The molecule has 3 rings (SSSR count). The summed E-state index contributed by atoms with van der Waals surface area (Å²) in [5, 5.41) is 19.3. The summed E-state index contributed by atoms with van der Waals surface area (Å²) >= 11 is 6.02. The Morgan fingerprint density at radius 3 is 2.50 bits per heavy atom. The smallest absolute Gasteiger partial charge is 0.159 e. The Labute approximate surface area is 108 Å². The molecule has 90 valence electrons. The van der Waals surface area contributed by atoms with Crippen molar-refractivity contribution >= 4 is 17.1 Å². The van der Waals surface area contributed by atoms with Crippen LogP contribution >= 0.6 is 11.6 Å². The molecule has 2 N–H and O–H groups in total. The number of imidazole rings is 1. The molecular weight excluding hydrogens is 252 g/mol. The van der Waals surface area contributed by atoms with Gasteiger partial charge < -0.3 is 10.2 Å². The average Bonchev–Trinajstić information content (AvgIpc) is 2.69. The van der Waals surface area contributed by atoms with E-state index in [1.54, 1.807) is 47.0 Å². The third-order valence-electron chi connectivity index (χ3n) is 2.73. The number of aromatic nitrogens is 2. The Hall–Kier alpha value is -2.20. The van der Waals surface area contributed by atoms with Gasteiger partial charge in [-0.15, -0.1) is 0 Å². The Morgan fingerprint density at radius 1 is 1.06 bits per heavy atom. The van der Waals surface area contributed by atoms with Crippen LogP contribution in [-0.2, 0) is 0 Å². The van der Waals surface area contributed by atoms with Gasteiger partial charge in [-0.25, -0.2) is 4.98 Å². The van der Waals surface area contributed by atoms with Crippen molar-refractivity contribution in [1.29, 1.82) is 0 Å². The molecule has 0 aliphatic rings. The summed E-state index contributed by atoms with van der Waals surface area (Å²) in [7, 11) is 0. The summed E-state index contributed by atoms with van der Waals surface area (Å²) in [6, 6.07) is 9.91. The van der Waals surface area contributed by atoms with Crippen molar-refractivity contribution in [3.63, 3.8) is 0 Å². The third kappa shape index (κ3) is 1.58. The zero-order valence-electron chi connectivity index (χ0n) is 9.21.